The molecular weight excluding hydrogens is 468 g/mol. The van der Waals surface area contributed by atoms with Crippen molar-refractivity contribution in [3.8, 4) is 0 Å². The SMILES string of the molecule is CO[Si](CCC1CC(CC[Si](OC)(OC)OC)C(CC[Si](OC)(OC)OC)C1)(OC)OC. The molecule has 0 aromatic rings. The van der Waals surface area contributed by atoms with Crippen molar-refractivity contribution >= 4 is 26.4 Å². The number of rotatable bonds is 18. The molecule has 0 aromatic heterocycles. The third-order valence-corrected chi connectivity index (χ3v) is 15.5. The lowest BCUT2D eigenvalue weighted by Gasteiger charge is -2.29. The maximum atomic E-state index is 5.66. The van der Waals surface area contributed by atoms with Crippen LogP contribution >= 0.6 is 0 Å². The third kappa shape index (κ3) is 7.92. The molecule has 1 fully saturated rings. The normalized spacial score (nSPS) is 22.6. The number of hydrogen-bond donors (Lipinski definition) is 0. The lowest BCUT2D eigenvalue weighted by atomic mass is 9.91. The Balaban J connectivity index is 2.88. The summed E-state index contributed by atoms with van der Waals surface area (Å²) >= 11 is 0. The van der Waals surface area contributed by atoms with Crippen LogP contribution in [0.1, 0.15) is 32.1 Å². The molecule has 0 saturated heterocycles. The van der Waals surface area contributed by atoms with E-state index in [1.807, 2.05) is 0 Å². The molecule has 0 aromatic carbocycles. The van der Waals surface area contributed by atoms with Gasteiger partial charge in [-0.3, -0.25) is 0 Å². The molecule has 0 radical (unpaired) electrons. The second kappa shape index (κ2) is 14.6. The summed E-state index contributed by atoms with van der Waals surface area (Å²) in [6.45, 7) is 0. The molecule has 1 saturated carbocycles. The van der Waals surface area contributed by atoms with Crippen LogP contribution in [0.15, 0.2) is 0 Å². The molecular formula is C20H46O9Si3. The van der Waals surface area contributed by atoms with E-state index in [0.29, 0.717) is 17.8 Å². The van der Waals surface area contributed by atoms with Gasteiger partial charge in [-0.15, -0.1) is 0 Å². The van der Waals surface area contributed by atoms with Crippen LogP contribution in [0.5, 0.6) is 0 Å². The van der Waals surface area contributed by atoms with Gasteiger partial charge in [0.1, 0.15) is 0 Å². The average molecular weight is 515 g/mol. The fraction of sp³-hybridized carbons (Fsp3) is 1.00. The zero-order valence-electron chi connectivity index (χ0n) is 21.6. The quantitative estimate of drug-likeness (QED) is 0.255. The van der Waals surface area contributed by atoms with Crippen molar-refractivity contribution in [1.29, 1.82) is 0 Å². The lowest BCUT2D eigenvalue weighted by Crippen LogP contribution is -2.43. The van der Waals surface area contributed by atoms with Gasteiger partial charge >= 0.3 is 26.4 Å². The van der Waals surface area contributed by atoms with Crippen LogP contribution in [-0.4, -0.2) is 90.4 Å². The Bertz CT molecular complexity index is 446. The molecule has 0 amide bonds. The third-order valence-electron chi connectivity index (χ3n) is 7.24. The highest BCUT2D eigenvalue weighted by Crippen LogP contribution is 2.45. The molecule has 1 rings (SSSR count). The Hall–Kier alpha value is 0.291. The van der Waals surface area contributed by atoms with Gasteiger partial charge in [-0.2, -0.15) is 0 Å². The monoisotopic (exact) mass is 514 g/mol. The predicted molar refractivity (Wildman–Crippen MR) is 128 cm³/mol. The summed E-state index contributed by atoms with van der Waals surface area (Å²) in [5, 5.41) is 0. The van der Waals surface area contributed by atoms with Crippen molar-refractivity contribution < 1.29 is 39.8 Å². The van der Waals surface area contributed by atoms with E-state index in [9.17, 15) is 0 Å². The van der Waals surface area contributed by atoms with Crippen molar-refractivity contribution in [3.05, 3.63) is 0 Å². The molecule has 0 heterocycles. The first-order valence-corrected chi connectivity index (χ1v) is 17.1. The van der Waals surface area contributed by atoms with Crippen LogP contribution in [-0.2, 0) is 39.8 Å². The van der Waals surface area contributed by atoms with Crippen LogP contribution in [0.25, 0.3) is 0 Å². The molecule has 192 valence electrons. The van der Waals surface area contributed by atoms with Gasteiger partial charge in [0.25, 0.3) is 0 Å². The maximum absolute atomic E-state index is 5.66. The summed E-state index contributed by atoms with van der Waals surface area (Å²) in [7, 11) is 7.31. The number of hydrogen-bond acceptors (Lipinski definition) is 9. The van der Waals surface area contributed by atoms with Crippen LogP contribution < -0.4 is 0 Å². The standard InChI is InChI=1S/C20H46O9Si3/c1-21-30(22-2,23-3)13-10-18-16-19(11-14-31(24-4,25-5)26-6)20(17-18)12-15-32(27-7,28-8)29-9/h18-20H,10-17H2,1-9H3. The minimum atomic E-state index is -2.60. The maximum Gasteiger partial charge on any atom is 0.500 e. The summed E-state index contributed by atoms with van der Waals surface area (Å²) < 4.78 is 50.8. The van der Waals surface area contributed by atoms with Crippen molar-refractivity contribution in [1.82, 2.24) is 0 Å². The summed E-state index contributed by atoms with van der Waals surface area (Å²) in [5.74, 6) is 1.69. The van der Waals surface area contributed by atoms with E-state index < -0.39 is 26.4 Å². The zero-order chi connectivity index (χ0) is 24.3. The zero-order valence-corrected chi connectivity index (χ0v) is 24.6. The summed E-state index contributed by atoms with van der Waals surface area (Å²) in [5.41, 5.74) is 0. The molecule has 2 unspecified atom stereocenters. The van der Waals surface area contributed by atoms with E-state index in [0.717, 1.165) is 50.2 Å². The molecule has 0 N–H and O–H groups in total. The van der Waals surface area contributed by atoms with E-state index >= 15 is 0 Å². The fourth-order valence-corrected chi connectivity index (χ4v) is 10.6. The van der Waals surface area contributed by atoms with E-state index in [4.69, 9.17) is 39.8 Å². The molecule has 0 spiro atoms. The van der Waals surface area contributed by atoms with Gasteiger partial charge < -0.3 is 39.8 Å². The van der Waals surface area contributed by atoms with E-state index in [-0.39, 0.29) is 0 Å². The topological polar surface area (TPSA) is 83.1 Å². The minimum absolute atomic E-state index is 0.549. The van der Waals surface area contributed by atoms with Gasteiger partial charge in [-0.25, -0.2) is 0 Å². The minimum Gasteiger partial charge on any atom is -0.377 e. The Kier molecular flexibility index (Phi) is 13.9. The molecule has 9 nitrogen and oxygen atoms in total. The van der Waals surface area contributed by atoms with Crippen LogP contribution in [0.4, 0.5) is 0 Å². The predicted octanol–water partition coefficient (Wildman–Crippen LogP) is 3.43. The Labute approximate surface area is 198 Å². The average Bonchev–Trinajstić information content (AvgIpc) is 3.25. The molecule has 1 aliphatic rings. The van der Waals surface area contributed by atoms with Gasteiger partial charge in [-0.05, 0) is 49.9 Å². The van der Waals surface area contributed by atoms with E-state index in [1.165, 1.54) is 0 Å². The second-order valence-electron chi connectivity index (χ2n) is 8.36. The van der Waals surface area contributed by atoms with Gasteiger partial charge in [0.15, 0.2) is 0 Å². The van der Waals surface area contributed by atoms with Crippen LogP contribution in [0.2, 0.25) is 18.1 Å². The highest BCUT2D eigenvalue weighted by molar-refractivity contribution is 6.61. The summed E-state index contributed by atoms with van der Waals surface area (Å²) in [6, 6.07) is 2.43. The van der Waals surface area contributed by atoms with E-state index in [1.54, 1.807) is 64.0 Å². The van der Waals surface area contributed by atoms with Gasteiger partial charge in [0.2, 0.25) is 0 Å². The lowest BCUT2D eigenvalue weighted by molar-refractivity contribution is 0.116. The van der Waals surface area contributed by atoms with Crippen molar-refractivity contribution in [2.75, 3.05) is 64.0 Å². The molecule has 1 aliphatic carbocycles. The molecule has 12 heteroatoms. The van der Waals surface area contributed by atoms with Crippen molar-refractivity contribution in [2.45, 2.75) is 50.2 Å². The van der Waals surface area contributed by atoms with Gasteiger partial charge in [-0.1, -0.05) is 0 Å². The summed E-state index contributed by atoms with van der Waals surface area (Å²) in [4.78, 5) is 0. The molecule has 0 aliphatic heterocycles. The van der Waals surface area contributed by atoms with E-state index in [2.05, 4.69) is 0 Å². The first-order chi connectivity index (χ1) is 15.3. The molecule has 2 atom stereocenters. The summed E-state index contributed by atoms with van der Waals surface area (Å²) in [6.07, 6.45) is 5.33. The van der Waals surface area contributed by atoms with Crippen LogP contribution in [0.3, 0.4) is 0 Å². The van der Waals surface area contributed by atoms with Gasteiger partial charge in [0.05, 0.1) is 0 Å². The first kappa shape index (κ1) is 30.3. The second-order valence-corrected chi connectivity index (χ2v) is 17.6. The fourth-order valence-electron chi connectivity index (χ4n) is 5.05. The molecule has 32 heavy (non-hydrogen) atoms. The van der Waals surface area contributed by atoms with Crippen molar-refractivity contribution in [2.24, 2.45) is 17.8 Å². The molecule has 0 bridgehead atoms. The highest BCUT2D eigenvalue weighted by Gasteiger charge is 2.45. The smallest absolute Gasteiger partial charge is 0.377 e. The highest BCUT2D eigenvalue weighted by atomic mass is 28.4. The Morgan fingerprint density at radius 1 is 0.438 bits per heavy atom. The first-order valence-electron chi connectivity index (χ1n) is 11.3. The Morgan fingerprint density at radius 3 is 0.938 bits per heavy atom. The van der Waals surface area contributed by atoms with Gasteiger partial charge in [0, 0.05) is 82.1 Å². The van der Waals surface area contributed by atoms with Crippen LogP contribution in [0, 0.1) is 17.8 Å². The Morgan fingerprint density at radius 2 is 0.688 bits per heavy atom. The van der Waals surface area contributed by atoms with Crippen molar-refractivity contribution in [3.63, 3.8) is 0 Å². The largest absolute Gasteiger partial charge is 0.500 e.